The zero-order valence-corrected chi connectivity index (χ0v) is 21.6. The van der Waals surface area contributed by atoms with Gasteiger partial charge < -0.3 is 20.7 Å². The van der Waals surface area contributed by atoms with Gasteiger partial charge >= 0.3 is 5.97 Å². The molecule has 0 spiro atoms. The van der Waals surface area contributed by atoms with E-state index in [4.69, 9.17) is 47.0 Å². The highest BCUT2D eigenvalue weighted by Crippen LogP contribution is 2.29. The molecular weight excluding hydrogens is 529 g/mol. The first-order valence-electron chi connectivity index (χ1n) is 10.4. The predicted molar refractivity (Wildman–Crippen MR) is 145 cm³/mol. The van der Waals surface area contributed by atoms with Crippen molar-refractivity contribution < 1.29 is 14.3 Å². The number of halogens is 3. The number of carbonyl (C=O) groups excluding carboxylic acids is 2. The molecule has 0 saturated heterocycles. The molecule has 35 heavy (non-hydrogen) atoms. The number of esters is 1. The number of alkyl halides is 3. The van der Waals surface area contributed by atoms with Crippen molar-refractivity contribution in [2.75, 3.05) is 12.4 Å². The lowest BCUT2D eigenvalue weighted by molar-refractivity contribution is -0.121. The van der Waals surface area contributed by atoms with Gasteiger partial charge in [0, 0.05) is 5.69 Å². The van der Waals surface area contributed by atoms with Crippen LogP contribution < -0.4 is 16.0 Å². The predicted octanol–water partition coefficient (Wildman–Crippen LogP) is 5.48. The van der Waals surface area contributed by atoms with Gasteiger partial charge in [0.05, 0.1) is 19.1 Å². The van der Waals surface area contributed by atoms with Crippen molar-refractivity contribution >= 4 is 69.7 Å². The van der Waals surface area contributed by atoms with Gasteiger partial charge in [0.15, 0.2) is 5.11 Å². The Kier molecular flexibility index (Phi) is 9.34. The number of amides is 1. The van der Waals surface area contributed by atoms with E-state index in [0.29, 0.717) is 11.3 Å². The van der Waals surface area contributed by atoms with E-state index in [-0.39, 0.29) is 17.4 Å². The average molecular weight is 551 g/mol. The Balaban J connectivity index is 1.58. The number of hydrogen-bond donors (Lipinski definition) is 3. The first-order chi connectivity index (χ1) is 16.7. The SMILES string of the molecule is COC(=O)c1ccc(NC(=S)NC(NC(=O)Cc2ccc(-c3ccccc3)cc2)C(Cl)(Cl)Cl)cc1. The van der Waals surface area contributed by atoms with Crippen molar-refractivity contribution in [1.82, 2.24) is 10.6 Å². The number of carbonyl (C=O) groups is 2. The molecule has 182 valence electrons. The summed E-state index contributed by atoms with van der Waals surface area (Å²) in [5, 5.41) is 8.49. The van der Waals surface area contributed by atoms with E-state index in [0.717, 1.165) is 16.7 Å². The molecule has 0 heterocycles. The summed E-state index contributed by atoms with van der Waals surface area (Å²) in [5.74, 6) is -0.808. The van der Waals surface area contributed by atoms with Gasteiger partial charge in [-0.05, 0) is 53.2 Å². The van der Waals surface area contributed by atoms with E-state index in [1.54, 1.807) is 24.3 Å². The minimum atomic E-state index is -1.88. The van der Waals surface area contributed by atoms with E-state index in [9.17, 15) is 9.59 Å². The van der Waals surface area contributed by atoms with Crippen LogP contribution in [-0.2, 0) is 16.0 Å². The van der Waals surface area contributed by atoms with Crippen molar-refractivity contribution in [2.24, 2.45) is 0 Å². The van der Waals surface area contributed by atoms with E-state index < -0.39 is 15.9 Å². The quantitative estimate of drug-likeness (QED) is 0.156. The maximum atomic E-state index is 12.7. The van der Waals surface area contributed by atoms with Crippen molar-refractivity contribution in [1.29, 1.82) is 0 Å². The molecule has 1 amide bonds. The summed E-state index contributed by atoms with van der Waals surface area (Å²) >= 11 is 23.5. The summed E-state index contributed by atoms with van der Waals surface area (Å²) in [6, 6.07) is 24.0. The molecule has 10 heteroatoms. The minimum absolute atomic E-state index is 0.0865. The summed E-state index contributed by atoms with van der Waals surface area (Å²) < 4.78 is 2.79. The van der Waals surface area contributed by atoms with E-state index in [2.05, 4.69) is 20.7 Å². The van der Waals surface area contributed by atoms with Crippen LogP contribution in [-0.4, -0.2) is 34.1 Å². The Morgan fingerprint density at radius 2 is 1.49 bits per heavy atom. The highest BCUT2D eigenvalue weighted by molar-refractivity contribution is 7.80. The lowest BCUT2D eigenvalue weighted by Crippen LogP contribution is -2.56. The van der Waals surface area contributed by atoms with E-state index in [1.165, 1.54) is 7.11 Å². The topological polar surface area (TPSA) is 79.5 Å². The van der Waals surface area contributed by atoms with Crippen LogP contribution >= 0.6 is 47.0 Å². The fourth-order valence-corrected chi connectivity index (χ4v) is 3.71. The normalized spacial score (nSPS) is 11.8. The van der Waals surface area contributed by atoms with Gasteiger partial charge in [-0.3, -0.25) is 4.79 Å². The second-order valence-corrected chi connectivity index (χ2v) is 10.2. The monoisotopic (exact) mass is 549 g/mol. The van der Waals surface area contributed by atoms with Gasteiger partial charge in [0.2, 0.25) is 9.70 Å². The van der Waals surface area contributed by atoms with Gasteiger partial charge in [-0.1, -0.05) is 89.4 Å². The molecular formula is C25H22Cl3N3O3S. The third-order valence-corrected chi connectivity index (χ3v) is 5.77. The van der Waals surface area contributed by atoms with Crippen LogP contribution in [0, 0.1) is 0 Å². The maximum absolute atomic E-state index is 12.7. The summed E-state index contributed by atoms with van der Waals surface area (Å²) in [4.78, 5) is 24.2. The van der Waals surface area contributed by atoms with Gasteiger partial charge in [-0.25, -0.2) is 4.79 Å². The molecule has 3 aromatic carbocycles. The first-order valence-corrected chi connectivity index (χ1v) is 12.0. The number of nitrogens with one attached hydrogen (secondary N) is 3. The Labute approximate surface area is 223 Å². The Morgan fingerprint density at radius 1 is 0.886 bits per heavy atom. The molecule has 0 aromatic heterocycles. The molecule has 0 aliphatic rings. The molecule has 3 N–H and O–H groups in total. The maximum Gasteiger partial charge on any atom is 0.337 e. The molecule has 0 aliphatic carbocycles. The third kappa shape index (κ3) is 8.11. The molecule has 0 fully saturated rings. The number of rotatable bonds is 7. The van der Waals surface area contributed by atoms with Crippen molar-refractivity contribution in [3.8, 4) is 11.1 Å². The van der Waals surface area contributed by atoms with Gasteiger partial charge in [-0.15, -0.1) is 0 Å². The summed E-state index contributed by atoms with van der Waals surface area (Å²) in [5.41, 5.74) is 3.91. The molecule has 1 atom stereocenters. The molecule has 0 aliphatic heterocycles. The van der Waals surface area contributed by atoms with Crippen LogP contribution in [0.1, 0.15) is 15.9 Å². The highest BCUT2D eigenvalue weighted by Gasteiger charge is 2.34. The fourth-order valence-electron chi connectivity index (χ4n) is 3.15. The Morgan fingerprint density at radius 3 is 2.06 bits per heavy atom. The third-order valence-electron chi connectivity index (χ3n) is 4.90. The van der Waals surface area contributed by atoms with Gasteiger partial charge in [0.1, 0.15) is 6.17 Å². The van der Waals surface area contributed by atoms with Crippen molar-refractivity contribution in [2.45, 2.75) is 16.4 Å². The lowest BCUT2D eigenvalue weighted by Gasteiger charge is -2.27. The zero-order valence-electron chi connectivity index (χ0n) is 18.6. The molecule has 6 nitrogen and oxygen atoms in total. The fraction of sp³-hybridized carbons (Fsp3) is 0.160. The lowest BCUT2D eigenvalue weighted by atomic mass is 10.0. The molecule has 0 radical (unpaired) electrons. The molecule has 0 bridgehead atoms. The van der Waals surface area contributed by atoms with Crippen molar-refractivity contribution in [3.05, 3.63) is 90.0 Å². The standard InChI is InChI=1S/C25H22Cl3N3O3S/c1-34-22(33)19-11-13-20(14-12-19)29-24(35)31-23(25(26,27)28)30-21(32)15-16-7-9-18(10-8-16)17-5-3-2-4-6-17/h2-14,23H,15H2,1H3,(H,30,32)(H2,29,31,35). The van der Waals surface area contributed by atoms with Crippen LogP contribution in [0.5, 0.6) is 0 Å². The molecule has 0 saturated carbocycles. The number of anilines is 1. The van der Waals surface area contributed by atoms with Crippen LogP contribution in [0.25, 0.3) is 11.1 Å². The molecule has 1 unspecified atom stereocenters. The second kappa shape index (κ2) is 12.2. The van der Waals surface area contributed by atoms with Crippen LogP contribution in [0.4, 0.5) is 5.69 Å². The average Bonchev–Trinajstić information content (AvgIpc) is 2.84. The highest BCUT2D eigenvalue weighted by atomic mass is 35.6. The van der Waals surface area contributed by atoms with Gasteiger partial charge in [-0.2, -0.15) is 0 Å². The largest absolute Gasteiger partial charge is 0.465 e. The molecule has 3 aromatic rings. The van der Waals surface area contributed by atoms with Crippen LogP contribution in [0.2, 0.25) is 0 Å². The Hall–Kier alpha value is -2.84. The summed E-state index contributed by atoms with van der Waals surface area (Å²) in [7, 11) is 1.30. The second-order valence-electron chi connectivity index (χ2n) is 7.45. The number of ether oxygens (including phenoxy) is 1. The van der Waals surface area contributed by atoms with Crippen LogP contribution in [0.15, 0.2) is 78.9 Å². The number of benzene rings is 3. The minimum Gasteiger partial charge on any atom is -0.465 e. The number of methoxy groups -OCH3 is 1. The van der Waals surface area contributed by atoms with Crippen LogP contribution in [0.3, 0.4) is 0 Å². The Bertz CT molecular complexity index is 1170. The first kappa shape index (κ1) is 26.8. The zero-order chi connectivity index (χ0) is 25.4. The molecule has 3 rings (SSSR count). The smallest absolute Gasteiger partial charge is 0.337 e. The summed E-state index contributed by atoms with van der Waals surface area (Å²) in [6.07, 6.45) is -1.01. The van der Waals surface area contributed by atoms with E-state index in [1.807, 2.05) is 54.6 Å². The van der Waals surface area contributed by atoms with Gasteiger partial charge in [0.25, 0.3) is 0 Å². The van der Waals surface area contributed by atoms with E-state index >= 15 is 0 Å². The number of hydrogen-bond acceptors (Lipinski definition) is 4. The summed E-state index contributed by atoms with van der Waals surface area (Å²) in [6.45, 7) is 0. The number of thiocarbonyl (C=S) groups is 1. The van der Waals surface area contributed by atoms with Crippen molar-refractivity contribution in [3.63, 3.8) is 0 Å².